The fraction of sp³-hybridized carbons (Fsp3) is 0.803. The molecule has 92 heavy (non-hydrogen) atoms. The second kappa shape index (κ2) is 48.8. The van der Waals surface area contributed by atoms with Gasteiger partial charge in [0.05, 0.1) is 163 Å². The number of hydrogen-bond donors (Lipinski definition) is 0. The first kappa shape index (κ1) is 85.1. The van der Waals surface area contributed by atoms with Gasteiger partial charge in [0.25, 0.3) is 0 Å². The van der Waals surface area contributed by atoms with Crippen LogP contribution in [0.15, 0.2) is 0 Å². The average molecular weight is 1320 g/mol. The molecule has 26 nitrogen and oxygen atoms in total. The summed E-state index contributed by atoms with van der Waals surface area (Å²) in [6.07, 6.45) is -4.11. The molecule has 26 heteroatoms. The van der Waals surface area contributed by atoms with Gasteiger partial charge in [-0.15, -0.1) is 0 Å². The minimum Gasteiger partial charge on any atom is -0.466 e. The highest BCUT2D eigenvalue weighted by Crippen LogP contribution is 2.38. The lowest BCUT2D eigenvalue weighted by Gasteiger charge is -2.30. The van der Waals surface area contributed by atoms with Crippen molar-refractivity contribution in [1.29, 1.82) is 0 Å². The van der Waals surface area contributed by atoms with Crippen LogP contribution in [-0.4, -0.2) is 163 Å². The Kier molecular flexibility index (Phi) is 45.1. The van der Waals surface area contributed by atoms with Crippen molar-refractivity contribution in [2.24, 2.45) is 76.9 Å². The lowest BCUT2D eigenvalue weighted by molar-refractivity contribution is -0.160. The van der Waals surface area contributed by atoms with E-state index in [1.807, 2.05) is 0 Å². The van der Waals surface area contributed by atoms with E-state index in [1.165, 1.54) is 34.6 Å². The van der Waals surface area contributed by atoms with Gasteiger partial charge >= 0.3 is 77.6 Å². The maximum atomic E-state index is 14.4. The van der Waals surface area contributed by atoms with E-state index in [9.17, 15) is 62.3 Å². The summed E-state index contributed by atoms with van der Waals surface area (Å²) in [6.45, 7) is 22.2. The largest absolute Gasteiger partial charge is 0.466 e. The summed E-state index contributed by atoms with van der Waals surface area (Å²) in [7, 11) is 0. The molecule has 0 radical (unpaired) electrons. The Balaban J connectivity index is 8.10. The zero-order valence-electron chi connectivity index (χ0n) is 57.3. The van der Waals surface area contributed by atoms with Crippen molar-refractivity contribution >= 4 is 77.6 Å². The van der Waals surface area contributed by atoms with Crippen LogP contribution in [0.2, 0.25) is 0 Å². The van der Waals surface area contributed by atoms with Gasteiger partial charge in [0.1, 0.15) is 0 Å². The molecular formula is C66H108O26. The van der Waals surface area contributed by atoms with Crippen molar-refractivity contribution in [3.63, 3.8) is 0 Å². The monoisotopic (exact) mass is 1320 g/mol. The third-order valence-electron chi connectivity index (χ3n) is 15.2. The van der Waals surface area contributed by atoms with Crippen molar-refractivity contribution < 1.29 is 124 Å². The van der Waals surface area contributed by atoms with Gasteiger partial charge in [-0.2, -0.15) is 0 Å². The molecular weight excluding hydrogens is 1210 g/mol. The maximum absolute atomic E-state index is 14.4. The van der Waals surface area contributed by atoms with Gasteiger partial charge in [-0.3, -0.25) is 62.3 Å². The molecule has 528 valence electrons. The van der Waals surface area contributed by atoms with Gasteiger partial charge in [0.15, 0.2) is 0 Å². The highest BCUT2D eigenvalue weighted by atomic mass is 16.6. The van der Waals surface area contributed by atoms with Gasteiger partial charge in [0.2, 0.25) is 0 Å². The molecule has 0 saturated carbocycles. The minimum atomic E-state index is -1.40. The zero-order chi connectivity index (χ0) is 69.9. The number of rotatable bonds is 50. The summed E-state index contributed by atoms with van der Waals surface area (Å²) in [6, 6.07) is 0. The summed E-state index contributed by atoms with van der Waals surface area (Å²) in [5.74, 6) is -26.1. The molecule has 0 amide bonds. The third-order valence-corrected chi connectivity index (χ3v) is 15.2. The Morgan fingerprint density at radius 2 is 0.250 bits per heavy atom. The van der Waals surface area contributed by atoms with Crippen LogP contribution >= 0.6 is 0 Å². The van der Waals surface area contributed by atoms with Gasteiger partial charge < -0.3 is 61.6 Å². The van der Waals surface area contributed by atoms with Crippen molar-refractivity contribution in [1.82, 2.24) is 0 Å². The number of esters is 13. The van der Waals surface area contributed by atoms with Gasteiger partial charge in [-0.05, 0) is 167 Å². The molecule has 0 fully saturated rings. The lowest BCUT2D eigenvalue weighted by atomic mass is 9.76. The van der Waals surface area contributed by atoms with Crippen LogP contribution < -0.4 is 0 Å². The first-order valence-corrected chi connectivity index (χ1v) is 33.0. The summed E-state index contributed by atoms with van der Waals surface area (Å²) in [4.78, 5) is 180. The van der Waals surface area contributed by atoms with E-state index in [0.717, 1.165) is 0 Å². The van der Waals surface area contributed by atoms with E-state index in [1.54, 1.807) is 69.2 Å². The minimum absolute atomic E-state index is 0.0286. The molecule has 12 unspecified atom stereocenters. The maximum Gasteiger partial charge on any atom is 0.308 e. The number of carbonyl (C=O) groups excluding carboxylic acids is 13. The van der Waals surface area contributed by atoms with E-state index in [0.29, 0.717) is 0 Å². The van der Waals surface area contributed by atoms with Gasteiger partial charge in [-0.1, -0.05) is 13.8 Å². The second-order valence-electron chi connectivity index (χ2n) is 22.1. The number of carbonyl (C=O) groups is 13. The highest BCUT2D eigenvalue weighted by Gasteiger charge is 2.44. The normalized spacial score (nSPS) is 15.3. The summed E-state index contributed by atoms with van der Waals surface area (Å²) >= 11 is 0. The smallest absolute Gasteiger partial charge is 0.308 e. The van der Waals surface area contributed by atoms with E-state index >= 15 is 0 Å². The third kappa shape index (κ3) is 32.1. The molecule has 0 bridgehead atoms. The summed E-state index contributed by atoms with van der Waals surface area (Å²) < 4.78 is 70.8. The SMILES string of the molecule is CCOC(=O)C(C)CC(CC(CC(CC(CC(CC(CC(CC(CC(CC(CC(CC(C)C(=O)OCC)C(=O)OCC)C(=O)OCC)C(=O)OCC)C(=O)OCC)C(=O)OCC)C(=O)OCC)C(=O)OCC)C(=O)OCC)C(=O)OCC)C(=O)OCC)C(=O)OCC. The predicted molar refractivity (Wildman–Crippen MR) is 328 cm³/mol. The number of ether oxygens (including phenoxy) is 13. The fourth-order valence-corrected chi connectivity index (χ4v) is 11.1. The quantitative estimate of drug-likeness (QED) is 0.0410. The van der Waals surface area contributed by atoms with Crippen LogP contribution in [-0.2, 0) is 124 Å². The molecule has 0 aliphatic heterocycles. The Morgan fingerprint density at radius 3 is 0.348 bits per heavy atom. The molecule has 0 aromatic heterocycles. The zero-order valence-corrected chi connectivity index (χ0v) is 57.3. The van der Waals surface area contributed by atoms with Gasteiger partial charge in [-0.25, -0.2) is 0 Å². The molecule has 0 N–H and O–H groups in total. The van der Waals surface area contributed by atoms with E-state index < -0.39 is 193 Å². The van der Waals surface area contributed by atoms with E-state index in [2.05, 4.69) is 0 Å². The van der Waals surface area contributed by atoms with Crippen molar-refractivity contribution in [3.05, 3.63) is 0 Å². The molecule has 0 saturated heterocycles. The Morgan fingerprint density at radius 1 is 0.163 bits per heavy atom. The first-order valence-electron chi connectivity index (χ1n) is 33.0. The van der Waals surface area contributed by atoms with Crippen molar-refractivity contribution in [2.75, 3.05) is 85.9 Å². The van der Waals surface area contributed by atoms with Crippen LogP contribution in [0.5, 0.6) is 0 Å². The van der Waals surface area contributed by atoms with Crippen LogP contribution in [0.4, 0.5) is 0 Å². The van der Waals surface area contributed by atoms with Crippen LogP contribution in [0, 0.1) is 76.9 Å². The fourth-order valence-electron chi connectivity index (χ4n) is 11.1. The van der Waals surface area contributed by atoms with Crippen LogP contribution in [0.3, 0.4) is 0 Å². The second-order valence-corrected chi connectivity index (χ2v) is 22.1. The summed E-state index contributed by atoms with van der Waals surface area (Å²) in [5.41, 5.74) is 0. The Hall–Kier alpha value is -6.89. The molecule has 0 spiro atoms. The molecule has 12 atom stereocenters. The predicted octanol–water partition coefficient (Wildman–Crippen LogP) is 8.04. The van der Waals surface area contributed by atoms with Crippen molar-refractivity contribution in [2.45, 2.75) is 181 Å². The topological polar surface area (TPSA) is 342 Å². The van der Waals surface area contributed by atoms with E-state index in [4.69, 9.17) is 61.6 Å². The summed E-state index contributed by atoms with van der Waals surface area (Å²) in [5, 5.41) is 0. The molecule has 0 aliphatic carbocycles. The number of hydrogen-bond acceptors (Lipinski definition) is 26. The molecule has 0 aromatic rings. The lowest BCUT2D eigenvalue weighted by Crippen LogP contribution is -2.36. The Bertz CT molecular complexity index is 2140. The molecule has 0 heterocycles. The molecule has 0 aliphatic rings. The molecule has 0 rings (SSSR count). The standard InChI is InChI=1S/C66H108O26/c1-16-80-54(67)41(14)29-43(56(69)82-18-3)31-45(58(71)84-20-5)33-47(60(73)86-22-7)35-49(62(75)88-24-9)37-51(64(77)90-26-11)39-53(66(79)92-28-13)40-52(65(78)91-27-12)38-50(63(76)89-25-10)36-48(61(74)87-23-8)34-46(59(72)85-21-6)32-44(57(70)83-19-4)30-42(15)55(68)81-17-2/h41-53H,16-40H2,1-15H3. The van der Waals surface area contributed by atoms with Crippen LogP contribution in [0.25, 0.3) is 0 Å². The van der Waals surface area contributed by atoms with Crippen molar-refractivity contribution in [3.8, 4) is 0 Å². The van der Waals surface area contributed by atoms with Gasteiger partial charge in [0, 0.05) is 0 Å². The molecule has 0 aromatic carbocycles. The van der Waals surface area contributed by atoms with E-state index in [-0.39, 0.29) is 124 Å². The first-order chi connectivity index (χ1) is 43.8. The Labute approximate surface area is 543 Å². The highest BCUT2D eigenvalue weighted by molar-refractivity contribution is 5.83. The average Bonchev–Trinajstić information content (AvgIpc) is 0.937. The van der Waals surface area contributed by atoms with Crippen LogP contribution in [0.1, 0.15) is 181 Å².